The van der Waals surface area contributed by atoms with Crippen LogP contribution in [0.4, 0.5) is 13.2 Å². The van der Waals surface area contributed by atoms with Crippen LogP contribution in [0.2, 0.25) is 0 Å². The van der Waals surface area contributed by atoms with E-state index in [0.29, 0.717) is 23.4 Å². The van der Waals surface area contributed by atoms with E-state index in [-0.39, 0.29) is 18.4 Å². The maximum Gasteiger partial charge on any atom is 0.416 e. The van der Waals surface area contributed by atoms with Gasteiger partial charge in [0.25, 0.3) is 5.91 Å². The minimum atomic E-state index is -4.42. The average molecular weight is 382 g/mol. The quantitative estimate of drug-likeness (QED) is 0.877. The average Bonchev–Trinajstić information content (AvgIpc) is 3.30. The van der Waals surface area contributed by atoms with Gasteiger partial charge in [0, 0.05) is 13.1 Å². The summed E-state index contributed by atoms with van der Waals surface area (Å²) in [4.78, 5) is 27.1. The van der Waals surface area contributed by atoms with Gasteiger partial charge >= 0.3 is 6.18 Å². The van der Waals surface area contributed by atoms with Gasteiger partial charge in [-0.1, -0.05) is 18.2 Å². The van der Waals surface area contributed by atoms with Gasteiger partial charge in [0.15, 0.2) is 0 Å². The van der Waals surface area contributed by atoms with Crippen molar-refractivity contribution in [2.75, 3.05) is 6.54 Å². The molecule has 1 aromatic carbocycles. The largest absolute Gasteiger partial charge is 0.416 e. The van der Waals surface area contributed by atoms with Gasteiger partial charge in [-0.05, 0) is 42.0 Å². The van der Waals surface area contributed by atoms with Crippen LogP contribution >= 0.6 is 11.3 Å². The number of nitrogens with one attached hydrogen (secondary N) is 1. The van der Waals surface area contributed by atoms with Gasteiger partial charge in [-0.25, -0.2) is 0 Å². The molecule has 1 fully saturated rings. The van der Waals surface area contributed by atoms with Crippen molar-refractivity contribution in [1.82, 2.24) is 10.2 Å². The van der Waals surface area contributed by atoms with E-state index in [1.165, 1.54) is 28.4 Å². The number of rotatable bonds is 4. The maximum absolute atomic E-state index is 12.8. The number of carbonyl (C=O) groups is 2. The second kappa shape index (κ2) is 7.49. The monoisotopic (exact) mass is 382 g/mol. The standard InChI is InChI=1S/C18H17F3N2O2S/c19-18(20,21)13-5-1-4-12(10-13)11-22-16(24)14-6-2-8-23(14)17(25)15-7-3-9-26-15/h1,3-5,7,9-10,14H,2,6,8,11H2,(H,22,24)/t14-/m0/s1. The predicted octanol–water partition coefficient (Wildman–Crippen LogP) is 3.69. The summed E-state index contributed by atoms with van der Waals surface area (Å²) < 4.78 is 38.3. The Morgan fingerprint density at radius 1 is 1.23 bits per heavy atom. The molecule has 1 aliphatic rings. The van der Waals surface area contributed by atoms with Crippen molar-refractivity contribution in [3.05, 3.63) is 57.8 Å². The highest BCUT2D eigenvalue weighted by Crippen LogP contribution is 2.29. The normalized spacial score (nSPS) is 17.3. The van der Waals surface area contributed by atoms with Crippen molar-refractivity contribution in [3.8, 4) is 0 Å². The van der Waals surface area contributed by atoms with E-state index in [4.69, 9.17) is 0 Å². The molecular formula is C18H17F3N2O2S. The molecule has 138 valence electrons. The SMILES string of the molecule is O=C(NCc1cccc(C(F)(F)F)c1)[C@@H]1CCCN1C(=O)c1cccs1. The number of alkyl halides is 3. The smallest absolute Gasteiger partial charge is 0.350 e. The van der Waals surface area contributed by atoms with Crippen LogP contribution in [0.5, 0.6) is 0 Å². The number of nitrogens with zero attached hydrogens (tertiary/aromatic N) is 1. The number of benzene rings is 1. The van der Waals surface area contributed by atoms with Crippen molar-refractivity contribution in [2.24, 2.45) is 0 Å². The highest BCUT2D eigenvalue weighted by atomic mass is 32.1. The van der Waals surface area contributed by atoms with Crippen LogP contribution in [0.15, 0.2) is 41.8 Å². The molecule has 1 aliphatic heterocycles. The van der Waals surface area contributed by atoms with E-state index in [1.807, 2.05) is 0 Å². The highest BCUT2D eigenvalue weighted by molar-refractivity contribution is 7.12. The first kappa shape index (κ1) is 18.4. The zero-order valence-corrected chi connectivity index (χ0v) is 14.6. The Kier molecular flexibility index (Phi) is 5.31. The molecule has 2 aromatic rings. The number of hydrogen-bond donors (Lipinski definition) is 1. The number of thiophene rings is 1. The van der Waals surface area contributed by atoms with Gasteiger partial charge in [0.1, 0.15) is 6.04 Å². The van der Waals surface area contributed by atoms with Crippen LogP contribution in [0.25, 0.3) is 0 Å². The van der Waals surface area contributed by atoms with Crippen molar-refractivity contribution in [2.45, 2.75) is 31.6 Å². The Morgan fingerprint density at radius 3 is 2.73 bits per heavy atom. The second-order valence-electron chi connectivity index (χ2n) is 6.05. The summed E-state index contributed by atoms with van der Waals surface area (Å²) in [6.45, 7) is 0.485. The fourth-order valence-electron chi connectivity index (χ4n) is 2.99. The molecule has 1 aromatic heterocycles. The first-order valence-electron chi connectivity index (χ1n) is 8.14. The number of likely N-dealkylation sites (tertiary alicyclic amines) is 1. The molecule has 2 amide bonds. The van der Waals surface area contributed by atoms with Crippen LogP contribution < -0.4 is 5.32 Å². The number of hydrogen-bond acceptors (Lipinski definition) is 3. The van der Waals surface area contributed by atoms with Gasteiger partial charge in [0.2, 0.25) is 5.91 Å². The lowest BCUT2D eigenvalue weighted by Crippen LogP contribution is -2.45. The van der Waals surface area contributed by atoms with E-state index in [2.05, 4.69) is 5.32 Å². The number of amides is 2. The van der Waals surface area contributed by atoms with Gasteiger partial charge < -0.3 is 10.2 Å². The van der Waals surface area contributed by atoms with Gasteiger partial charge in [-0.2, -0.15) is 13.2 Å². The van der Waals surface area contributed by atoms with E-state index in [0.717, 1.165) is 18.6 Å². The summed E-state index contributed by atoms with van der Waals surface area (Å²) in [7, 11) is 0. The molecule has 8 heteroatoms. The summed E-state index contributed by atoms with van der Waals surface area (Å²) >= 11 is 1.32. The molecular weight excluding hydrogens is 365 g/mol. The highest BCUT2D eigenvalue weighted by Gasteiger charge is 2.35. The lowest BCUT2D eigenvalue weighted by molar-refractivity contribution is -0.137. The summed E-state index contributed by atoms with van der Waals surface area (Å²) in [6, 6.07) is 7.74. The number of halogens is 3. The molecule has 1 N–H and O–H groups in total. The molecule has 0 spiro atoms. The Labute approximate surface area is 152 Å². The Morgan fingerprint density at radius 2 is 2.04 bits per heavy atom. The second-order valence-corrected chi connectivity index (χ2v) is 7.00. The maximum atomic E-state index is 12.8. The summed E-state index contributed by atoms with van der Waals surface area (Å²) in [6.07, 6.45) is -3.15. The summed E-state index contributed by atoms with van der Waals surface area (Å²) in [5.74, 6) is -0.526. The molecule has 0 saturated carbocycles. The third-order valence-corrected chi connectivity index (χ3v) is 5.13. The number of carbonyl (C=O) groups excluding carboxylic acids is 2. The van der Waals surface area contributed by atoms with E-state index < -0.39 is 17.8 Å². The summed E-state index contributed by atoms with van der Waals surface area (Å²) in [5.41, 5.74) is -0.387. The van der Waals surface area contributed by atoms with Crippen LogP contribution in [-0.2, 0) is 17.5 Å². The lowest BCUT2D eigenvalue weighted by atomic mass is 10.1. The van der Waals surface area contributed by atoms with Crippen molar-refractivity contribution < 1.29 is 22.8 Å². The fourth-order valence-corrected chi connectivity index (χ4v) is 3.67. The third-order valence-electron chi connectivity index (χ3n) is 4.27. The van der Waals surface area contributed by atoms with Gasteiger partial charge in [-0.15, -0.1) is 11.3 Å². The van der Waals surface area contributed by atoms with Crippen LogP contribution in [0.3, 0.4) is 0 Å². The van der Waals surface area contributed by atoms with E-state index in [9.17, 15) is 22.8 Å². The van der Waals surface area contributed by atoms with Gasteiger partial charge in [-0.3, -0.25) is 9.59 Å². The van der Waals surface area contributed by atoms with Crippen molar-refractivity contribution in [1.29, 1.82) is 0 Å². The van der Waals surface area contributed by atoms with Crippen molar-refractivity contribution >= 4 is 23.2 Å². The minimum absolute atomic E-state index is 0.0136. The molecule has 0 bridgehead atoms. The molecule has 0 radical (unpaired) electrons. The molecule has 1 atom stereocenters. The fraction of sp³-hybridized carbons (Fsp3) is 0.333. The lowest BCUT2D eigenvalue weighted by Gasteiger charge is -2.23. The Bertz CT molecular complexity index is 790. The van der Waals surface area contributed by atoms with Crippen LogP contribution in [0, 0.1) is 0 Å². The van der Waals surface area contributed by atoms with Gasteiger partial charge in [0.05, 0.1) is 10.4 Å². The molecule has 26 heavy (non-hydrogen) atoms. The molecule has 1 saturated heterocycles. The van der Waals surface area contributed by atoms with E-state index in [1.54, 1.807) is 17.5 Å². The molecule has 4 nitrogen and oxygen atoms in total. The zero-order chi connectivity index (χ0) is 18.7. The Hall–Kier alpha value is -2.35. The first-order valence-corrected chi connectivity index (χ1v) is 9.02. The van der Waals surface area contributed by atoms with Crippen LogP contribution in [-0.4, -0.2) is 29.3 Å². The van der Waals surface area contributed by atoms with E-state index >= 15 is 0 Å². The Balaban J connectivity index is 1.64. The first-order chi connectivity index (χ1) is 12.4. The molecule has 0 unspecified atom stereocenters. The van der Waals surface area contributed by atoms with Crippen LogP contribution in [0.1, 0.15) is 33.6 Å². The summed E-state index contributed by atoms with van der Waals surface area (Å²) in [5, 5.41) is 4.45. The third kappa shape index (κ3) is 4.07. The molecule has 0 aliphatic carbocycles. The minimum Gasteiger partial charge on any atom is -0.350 e. The van der Waals surface area contributed by atoms with Crippen molar-refractivity contribution in [3.63, 3.8) is 0 Å². The predicted molar refractivity (Wildman–Crippen MR) is 91.7 cm³/mol. The topological polar surface area (TPSA) is 49.4 Å². The zero-order valence-electron chi connectivity index (χ0n) is 13.8. The molecule has 2 heterocycles. The molecule has 3 rings (SSSR count).